The molecule has 1 heterocycles. The van der Waals surface area contributed by atoms with Crippen molar-refractivity contribution in [3.05, 3.63) is 36.0 Å². The van der Waals surface area contributed by atoms with Gasteiger partial charge in [-0.1, -0.05) is 0 Å². The summed E-state index contributed by atoms with van der Waals surface area (Å²) in [5.74, 6) is 0.558. The van der Waals surface area contributed by atoms with E-state index in [0.717, 1.165) is 10.9 Å². The molecule has 0 saturated heterocycles. The third-order valence-electron chi connectivity index (χ3n) is 2.37. The lowest BCUT2D eigenvalue weighted by molar-refractivity contribution is 0.102. The third-order valence-corrected chi connectivity index (χ3v) is 2.61. The van der Waals surface area contributed by atoms with Gasteiger partial charge in [0.25, 0.3) is 0 Å². The molecule has 82 valence electrons. The molecule has 1 aromatic carbocycles. The molecule has 0 aliphatic carbocycles. The molecule has 0 atom stereocenters. The molecule has 0 fully saturated rings. The predicted molar refractivity (Wildman–Crippen MR) is 63.3 cm³/mol. The van der Waals surface area contributed by atoms with E-state index >= 15 is 0 Å². The summed E-state index contributed by atoms with van der Waals surface area (Å²) in [6.07, 6.45) is 1.61. The number of Topliss-reactive ketones (excluding diaryl/α,β-unsaturated/α-hetero) is 1. The van der Waals surface area contributed by atoms with E-state index in [0.29, 0.717) is 11.3 Å². The number of hydrogen-bond acceptors (Lipinski definition) is 3. The average molecular weight is 236 g/mol. The number of nitrogens with zero attached hydrogens (tertiary/aromatic N) is 1. The minimum atomic E-state index is -0.109. The van der Waals surface area contributed by atoms with E-state index in [4.69, 9.17) is 16.3 Å². The number of pyridine rings is 1. The molecule has 1 aromatic heterocycles. The van der Waals surface area contributed by atoms with Crippen LogP contribution in [0.25, 0.3) is 10.9 Å². The molecule has 2 aromatic rings. The second-order valence-electron chi connectivity index (χ2n) is 3.30. The van der Waals surface area contributed by atoms with E-state index in [2.05, 4.69) is 4.98 Å². The Balaban J connectivity index is 2.68. The van der Waals surface area contributed by atoms with Crippen LogP contribution in [0.15, 0.2) is 30.5 Å². The van der Waals surface area contributed by atoms with E-state index in [1.807, 2.05) is 12.1 Å². The molecule has 2 rings (SSSR count). The third kappa shape index (κ3) is 1.86. The first kappa shape index (κ1) is 10.9. The second-order valence-corrected chi connectivity index (χ2v) is 3.57. The van der Waals surface area contributed by atoms with Crippen LogP contribution in [0.5, 0.6) is 5.75 Å². The van der Waals surface area contributed by atoms with Gasteiger partial charge in [-0.15, -0.1) is 11.6 Å². The highest BCUT2D eigenvalue weighted by Gasteiger charge is 2.09. The molecule has 16 heavy (non-hydrogen) atoms. The zero-order valence-corrected chi connectivity index (χ0v) is 9.49. The van der Waals surface area contributed by atoms with Crippen molar-refractivity contribution in [2.75, 3.05) is 13.0 Å². The van der Waals surface area contributed by atoms with Crippen LogP contribution in [0.2, 0.25) is 0 Å². The fourth-order valence-corrected chi connectivity index (χ4v) is 1.71. The van der Waals surface area contributed by atoms with Gasteiger partial charge in [0.1, 0.15) is 5.75 Å². The highest BCUT2D eigenvalue weighted by molar-refractivity contribution is 6.31. The number of carbonyl (C=O) groups excluding carboxylic acids is 1. The number of alkyl halides is 1. The Morgan fingerprint density at radius 2 is 2.25 bits per heavy atom. The zero-order valence-electron chi connectivity index (χ0n) is 8.74. The van der Waals surface area contributed by atoms with Crippen molar-refractivity contribution in [3.8, 4) is 5.75 Å². The molecule has 0 bridgehead atoms. The number of methoxy groups -OCH3 is 1. The molecule has 3 nitrogen and oxygen atoms in total. The maximum Gasteiger partial charge on any atom is 0.178 e. The summed E-state index contributed by atoms with van der Waals surface area (Å²) in [5.41, 5.74) is 1.34. The molecule has 0 amide bonds. The van der Waals surface area contributed by atoms with Crippen LogP contribution < -0.4 is 4.74 Å². The number of halogens is 1. The molecule has 0 aliphatic rings. The maximum absolute atomic E-state index is 11.6. The molecular weight excluding hydrogens is 226 g/mol. The number of ketones is 1. The normalized spacial score (nSPS) is 10.4. The van der Waals surface area contributed by atoms with Crippen LogP contribution in [0, 0.1) is 0 Å². The largest absolute Gasteiger partial charge is 0.497 e. The summed E-state index contributed by atoms with van der Waals surface area (Å²) in [6.45, 7) is 0. The number of benzene rings is 1. The number of carbonyl (C=O) groups is 1. The minimum Gasteiger partial charge on any atom is -0.497 e. The SMILES string of the molecule is COc1ccc2nccc(C(=O)CCl)c2c1. The van der Waals surface area contributed by atoms with Crippen molar-refractivity contribution >= 4 is 28.3 Å². The van der Waals surface area contributed by atoms with Crippen molar-refractivity contribution in [1.29, 1.82) is 0 Å². The van der Waals surface area contributed by atoms with Gasteiger partial charge >= 0.3 is 0 Å². The highest BCUT2D eigenvalue weighted by Crippen LogP contribution is 2.22. The maximum atomic E-state index is 11.6. The van der Waals surface area contributed by atoms with Gasteiger partial charge in [0, 0.05) is 17.1 Å². The first-order valence-electron chi connectivity index (χ1n) is 4.78. The van der Waals surface area contributed by atoms with Gasteiger partial charge in [-0.25, -0.2) is 0 Å². The average Bonchev–Trinajstić information content (AvgIpc) is 2.36. The minimum absolute atomic E-state index is 0.0314. The number of aromatic nitrogens is 1. The Hall–Kier alpha value is -1.61. The Kier molecular flexibility index (Phi) is 3.06. The Bertz CT molecular complexity index is 540. The molecule has 0 saturated carbocycles. The highest BCUT2D eigenvalue weighted by atomic mass is 35.5. The van der Waals surface area contributed by atoms with Crippen LogP contribution in [0.4, 0.5) is 0 Å². The van der Waals surface area contributed by atoms with E-state index in [1.54, 1.807) is 25.4 Å². The Morgan fingerprint density at radius 1 is 1.44 bits per heavy atom. The smallest absolute Gasteiger partial charge is 0.178 e. The van der Waals surface area contributed by atoms with Crippen molar-refractivity contribution in [1.82, 2.24) is 4.98 Å². The second kappa shape index (κ2) is 4.49. The van der Waals surface area contributed by atoms with Crippen LogP contribution in [-0.4, -0.2) is 23.8 Å². The monoisotopic (exact) mass is 235 g/mol. The van der Waals surface area contributed by atoms with E-state index in [1.165, 1.54) is 0 Å². The zero-order chi connectivity index (χ0) is 11.5. The van der Waals surface area contributed by atoms with Crippen molar-refractivity contribution < 1.29 is 9.53 Å². The lowest BCUT2D eigenvalue weighted by Crippen LogP contribution is -2.01. The molecule has 0 spiro atoms. The lowest BCUT2D eigenvalue weighted by atomic mass is 10.1. The standard InChI is InChI=1S/C12H10ClNO2/c1-16-8-2-3-11-10(6-8)9(4-5-14-11)12(15)7-13/h2-6H,7H2,1H3. The van der Waals surface area contributed by atoms with Crippen molar-refractivity contribution in [3.63, 3.8) is 0 Å². The summed E-state index contributed by atoms with van der Waals surface area (Å²) in [5, 5.41) is 0.771. The fraction of sp³-hybridized carbons (Fsp3) is 0.167. The summed E-state index contributed by atoms with van der Waals surface area (Å²) in [6, 6.07) is 7.10. The van der Waals surface area contributed by atoms with Gasteiger partial charge in [0.05, 0.1) is 18.5 Å². The summed E-state index contributed by atoms with van der Waals surface area (Å²) < 4.78 is 5.12. The van der Waals surface area contributed by atoms with Gasteiger partial charge in [-0.2, -0.15) is 0 Å². The van der Waals surface area contributed by atoms with E-state index < -0.39 is 0 Å². The summed E-state index contributed by atoms with van der Waals surface area (Å²) >= 11 is 5.56. The molecular formula is C12H10ClNO2. The first-order valence-corrected chi connectivity index (χ1v) is 5.31. The van der Waals surface area contributed by atoms with Gasteiger partial charge in [0.2, 0.25) is 0 Å². The van der Waals surface area contributed by atoms with Gasteiger partial charge in [-0.05, 0) is 24.3 Å². The van der Waals surface area contributed by atoms with Crippen LogP contribution in [0.3, 0.4) is 0 Å². The lowest BCUT2D eigenvalue weighted by Gasteiger charge is -2.05. The van der Waals surface area contributed by atoms with Crippen LogP contribution >= 0.6 is 11.6 Å². The first-order chi connectivity index (χ1) is 7.76. The number of fused-ring (bicyclic) bond motifs is 1. The van der Waals surface area contributed by atoms with Crippen LogP contribution in [0.1, 0.15) is 10.4 Å². The molecule has 4 heteroatoms. The topological polar surface area (TPSA) is 39.2 Å². The number of hydrogen-bond donors (Lipinski definition) is 0. The summed E-state index contributed by atoms with van der Waals surface area (Å²) in [4.78, 5) is 15.8. The summed E-state index contributed by atoms with van der Waals surface area (Å²) in [7, 11) is 1.58. The quantitative estimate of drug-likeness (QED) is 0.607. The van der Waals surface area contributed by atoms with Crippen molar-refractivity contribution in [2.24, 2.45) is 0 Å². The predicted octanol–water partition coefficient (Wildman–Crippen LogP) is 2.66. The Labute approximate surface area is 98.0 Å². The Morgan fingerprint density at radius 3 is 2.94 bits per heavy atom. The molecule has 0 radical (unpaired) electrons. The van der Waals surface area contributed by atoms with Crippen molar-refractivity contribution in [2.45, 2.75) is 0 Å². The number of rotatable bonds is 3. The van der Waals surface area contributed by atoms with Gasteiger partial charge in [-0.3, -0.25) is 9.78 Å². The van der Waals surface area contributed by atoms with Crippen LogP contribution in [-0.2, 0) is 0 Å². The van der Waals surface area contributed by atoms with E-state index in [9.17, 15) is 4.79 Å². The van der Waals surface area contributed by atoms with Gasteiger partial charge in [0.15, 0.2) is 5.78 Å². The molecule has 0 unspecified atom stereocenters. The van der Waals surface area contributed by atoms with Gasteiger partial charge < -0.3 is 4.74 Å². The van der Waals surface area contributed by atoms with E-state index in [-0.39, 0.29) is 11.7 Å². The fourth-order valence-electron chi connectivity index (χ4n) is 1.57. The molecule has 0 aliphatic heterocycles. The molecule has 0 N–H and O–H groups in total. The number of ether oxygens (including phenoxy) is 1.